The third-order valence-electron chi connectivity index (χ3n) is 2.44. The Morgan fingerprint density at radius 2 is 2.06 bits per heavy atom. The lowest BCUT2D eigenvalue weighted by Gasteiger charge is -2.15. The molecule has 0 radical (unpaired) electrons. The maximum Gasteiger partial charge on any atom is 0.263 e. The first-order chi connectivity index (χ1) is 8.69. The highest BCUT2D eigenvalue weighted by atomic mass is 16.5. The van der Waals surface area contributed by atoms with Crippen molar-refractivity contribution in [2.75, 3.05) is 32.8 Å². The highest BCUT2D eigenvalue weighted by molar-refractivity contribution is 5.97. The molecular weight excluding hydrogens is 230 g/mol. The summed E-state index contributed by atoms with van der Waals surface area (Å²) in [5.41, 5.74) is 0.148. The van der Waals surface area contributed by atoms with Gasteiger partial charge in [0.1, 0.15) is 11.6 Å². The zero-order valence-corrected chi connectivity index (χ0v) is 11.5. The van der Waals surface area contributed by atoms with E-state index in [1.165, 1.54) is 0 Å². The second kappa shape index (κ2) is 10.6. The predicted octanol–water partition coefficient (Wildman–Crippen LogP) is 1.28. The van der Waals surface area contributed by atoms with Crippen LogP contribution in [0, 0.1) is 11.3 Å². The minimum absolute atomic E-state index is 0.148. The fourth-order valence-corrected chi connectivity index (χ4v) is 1.34. The third-order valence-corrected chi connectivity index (χ3v) is 2.44. The number of nitriles is 1. The van der Waals surface area contributed by atoms with Gasteiger partial charge < -0.3 is 15.0 Å². The first kappa shape index (κ1) is 16.5. The first-order valence-corrected chi connectivity index (χ1v) is 6.41. The lowest BCUT2D eigenvalue weighted by atomic mass is 10.3. The summed E-state index contributed by atoms with van der Waals surface area (Å²) in [4.78, 5) is 13.6. The summed E-state index contributed by atoms with van der Waals surface area (Å²) >= 11 is 0. The molecular formula is C13H23N3O2. The Balaban J connectivity index is 4.16. The van der Waals surface area contributed by atoms with E-state index < -0.39 is 0 Å². The number of amides is 1. The molecule has 0 spiro atoms. The summed E-state index contributed by atoms with van der Waals surface area (Å²) < 4.78 is 5.16. The fourth-order valence-electron chi connectivity index (χ4n) is 1.34. The third kappa shape index (κ3) is 6.92. The van der Waals surface area contributed by atoms with E-state index in [0.29, 0.717) is 19.8 Å². The molecule has 0 aromatic carbocycles. The van der Waals surface area contributed by atoms with Gasteiger partial charge >= 0.3 is 0 Å². The van der Waals surface area contributed by atoms with Gasteiger partial charge in [0.2, 0.25) is 0 Å². The molecule has 0 aromatic heterocycles. The summed E-state index contributed by atoms with van der Waals surface area (Å²) in [5.74, 6) is -0.319. The van der Waals surface area contributed by atoms with Crippen LogP contribution >= 0.6 is 0 Å². The molecule has 0 aliphatic carbocycles. The molecule has 0 saturated heterocycles. The molecule has 1 N–H and O–H groups in total. The quantitative estimate of drug-likeness (QED) is 0.382. The van der Waals surface area contributed by atoms with Gasteiger partial charge in [0, 0.05) is 39.0 Å². The Bertz CT molecular complexity index is 304. The highest BCUT2D eigenvalue weighted by Crippen LogP contribution is 1.98. The van der Waals surface area contributed by atoms with Crippen molar-refractivity contribution in [3.05, 3.63) is 11.8 Å². The van der Waals surface area contributed by atoms with E-state index in [4.69, 9.17) is 10.00 Å². The summed E-state index contributed by atoms with van der Waals surface area (Å²) in [6, 6.07) is 1.93. The van der Waals surface area contributed by atoms with E-state index in [-0.39, 0.29) is 11.5 Å². The number of hydrogen-bond acceptors (Lipinski definition) is 4. The molecule has 0 unspecified atom stereocenters. The Hall–Kier alpha value is -1.54. The van der Waals surface area contributed by atoms with E-state index in [0.717, 1.165) is 19.5 Å². The second-order valence-electron chi connectivity index (χ2n) is 3.68. The summed E-state index contributed by atoms with van der Waals surface area (Å²) in [5, 5.41) is 11.7. The van der Waals surface area contributed by atoms with E-state index in [9.17, 15) is 4.79 Å². The molecule has 102 valence electrons. The van der Waals surface area contributed by atoms with Gasteiger partial charge in [0.05, 0.1) is 0 Å². The number of nitrogens with zero attached hydrogens (tertiary/aromatic N) is 2. The van der Waals surface area contributed by atoms with Crippen molar-refractivity contribution in [3.8, 4) is 6.07 Å². The van der Waals surface area contributed by atoms with Crippen molar-refractivity contribution in [3.63, 3.8) is 0 Å². The van der Waals surface area contributed by atoms with E-state index in [1.54, 1.807) is 6.20 Å². The van der Waals surface area contributed by atoms with E-state index in [1.807, 2.05) is 31.7 Å². The van der Waals surface area contributed by atoms with Crippen LogP contribution in [0.25, 0.3) is 0 Å². The minimum atomic E-state index is -0.319. The van der Waals surface area contributed by atoms with Crippen LogP contribution in [0.2, 0.25) is 0 Å². The maximum absolute atomic E-state index is 11.7. The second-order valence-corrected chi connectivity index (χ2v) is 3.68. The summed E-state index contributed by atoms with van der Waals surface area (Å²) in [6.07, 6.45) is 2.36. The Morgan fingerprint density at radius 3 is 2.56 bits per heavy atom. The number of nitrogens with one attached hydrogen (secondary N) is 1. The minimum Gasteiger partial charge on any atom is -0.382 e. The maximum atomic E-state index is 11.7. The SMILES string of the molecule is CCOCCCNC(=O)/C(C#N)=C\N(CC)CC. The van der Waals surface area contributed by atoms with E-state index in [2.05, 4.69) is 5.32 Å². The summed E-state index contributed by atoms with van der Waals surface area (Å²) in [7, 11) is 0. The van der Waals surface area contributed by atoms with Gasteiger partial charge in [-0.1, -0.05) is 0 Å². The number of hydrogen-bond donors (Lipinski definition) is 1. The summed E-state index contributed by atoms with van der Waals surface area (Å²) in [6.45, 7) is 9.27. The highest BCUT2D eigenvalue weighted by Gasteiger charge is 2.09. The average Bonchev–Trinajstić information content (AvgIpc) is 2.40. The lowest BCUT2D eigenvalue weighted by Crippen LogP contribution is -2.28. The van der Waals surface area contributed by atoms with Gasteiger partial charge in [-0.2, -0.15) is 5.26 Å². The predicted molar refractivity (Wildman–Crippen MR) is 70.7 cm³/mol. The topological polar surface area (TPSA) is 65.4 Å². The lowest BCUT2D eigenvalue weighted by molar-refractivity contribution is -0.117. The number of rotatable bonds is 9. The van der Waals surface area contributed by atoms with Gasteiger partial charge in [-0.3, -0.25) is 4.79 Å². The molecule has 0 saturated carbocycles. The molecule has 0 aromatic rings. The van der Waals surface area contributed by atoms with Gasteiger partial charge in [0.15, 0.2) is 0 Å². The zero-order valence-electron chi connectivity index (χ0n) is 11.5. The van der Waals surface area contributed by atoms with Crippen LogP contribution in [-0.2, 0) is 9.53 Å². The van der Waals surface area contributed by atoms with Crippen LogP contribution < -0.4 is 5.32 Å². The first-order valence-electron chi connectivity index (χ1n) is 6.41. The molecule has 0 rings (SSSR count). The van der Waals surface area contributed by atoms with Gasteiger partial charge in [-0.15, -0.1) is 0 Å². The molecule has 0 aliphatic rings. The number of carbonyl (C=O) groups is 1. The van der Waals surface area contributed by atoms with Crippen LogP contribution in [0.15, 0.2) is 11.8 Å². The molecule has 0 atom stereocenters. The van der Waals surface area contributed by atoms with Crippen molar-refractivity contribution in [1.29, 1.82) is 5.26 Å². The van der Waals surface area contributed by atoms with Gasteiger partial charge in [0.25, 0.3) is 5.91 Å². The van der Waals surface area contributed by atoms with Crippen molar-refractivity contribution >= 4 is 5.91 Å². The Morgan fingerprint density at radius 1 is 1.39 bits per heavy atom. The fraction of sp³-hybridized carbons (Fsp3) is 0.692. The number of ether oxygens (including phenoxy) is 1. The molecule has 5 nitrogen and oxygen atoms in total. The van der Waals surface area contributed by atoms with Gasteiger partial charge in [-0.05, 0) is 27.2 Å². The Kier molecular flexibility index (Phi) is 9.70. The van der Waals surface area contributed by atoms with Crippen molar-refractivity contribution in [1.82, 2.24) is 10.2 Å². The van der Waals surface area contributed by atoms with Crippen LogP contribution in [0.4, 0.5) is 0 Å². The molecule has 0 aliphatic heterocycles. The molecule has 5 heteroatoms. The van der Waals surface area contributed by atoms with Gasteiger partial charge in [-0.25, -0.2) is 0 Å². The Labute approximate surface area is 109 Å². The van der Waals surface area contributed by atoms with Crippen molar-refractivity contribution < 1.29 is 9.53 Å². The van der Waals surface area contributed by atoms with Crippen LogP contribution in [0.5, 0.6) is 0 Å². The zero-order chi connectivity index (χ0) is 13.8. The molecule has 1 amide bonds. The van der Waals surface area contributed by atoms with Crippen molar-refractivity contribution in [2.45, 2.75) is 27.2 Å². The van der Waals surface area contributed by atoms with Crippen LogP contribution in [0.1, 0.15) is 27.2 Å². The molecule has 0 heterocycles. The van der Waals surface area contributed by atoms with Crippen LogP contribution in [-0.4, -0.2) is 43.7 Å². The molecule has 0 bridgehead atoms. The van der Waals surface area contributed by atoms with E-state index >= 15 is 0 Å². The van der Waals surface area contributed by atoms with Crippen LogP contribution in [0.3, 0.4) is 0 Å². The average molecular weight is 253 g/mol. The smallest absolute Gasteiger partial charge is 0.263 e. The van der Waals surface area contributed by atoms with Crippen molar-refractivity contribution in [2.24, 2.45) is 0 Å². The molecule has 18 heavy (non-hydrogen) atoms. The molecule has 0 fully saturated rings. The number of carbonyl (C=O) groups excluding carboxylic acids is 1. The largest absolute Gasteiger partial charge is 0.382 e. The normalized spacial score (nSPS) is 10.9. The standard InChI is InChI=1S/C13H23N3O2/c1-4-16(5-2)11-12(10-14)13(17)15-8-7-9-18-6-3/h11H,4-9H2,1-3H3,(H,15,17)/b12-11-. The monoisotopic (exact) mass is 253 g/mol.